The molecule has 0 spiro atoms. The molecule has 150 valence electrons. The highest BCUT2D eigenvalue weighted by Crippen LogP contribution is 2.31. The van der Waals surface area contributed by atoms with Crippen LogP contribution in [0.1, 0.15) is 23.4 Å². The van der Waals surface area contributed by atoms with E-state index in [0.29, 0.717) is 15.3 Å². The van der Waals surface area contributed by atoms with Crippen molar-refractivity contribution in [3.8, 4) is 5.88 Å². The van der Waals surface area contributed by atoms with Crippen LogP contribution < -0.4 is 0 Å². The normalized spacial score (nSPS) is 12.2. The molecule has 29 heavy (non-hydrogen) atoms. The summed E-state index contributed by atoms with van der Waals surface area (Å²) >= 11 is 6.48. The minimum atomic E-state index is -0.822. The maximum Gasteiger partial charge on any atom is 0.329 e. The summed E-state index contributed by atoms with van der Waals surface area (Å²) in [5.41, 5.74) is 1.05. The molecule has 0 amide bonds. The minimum absolute atomic E-state index is 0.143. The third-order valence-electron chi connectivity index (χ3n) is 4.16. The molecule has 1 heterocycles. The molecule has 2 aromatic carbocycles. The Labute approximate surface area is 176 Å². The van der Waals surface area contributed by atoms with E-state index in [2.05, 4.69) is 4.99 Å². The van der Waals surface area contributed by atoms with E-state index in [-0.39, 0.29) is 18.2 Å². The van der Waals surface area contributed by atoms with Crippen LogP contribution in [0, 0.1) is 9.77 Å². The minimum Gasteiger partial charge on any atom is -0.493 e. The maximum absolute atomic E-state index is 13.8. The lowest BCUT2D eigenvalue weighted by Gasteiger charge is -2.18. The van der Waals surface area contributed by atoms with Gasteiger partial charge in [-0.15, -0.1) is 0 Å². The van der Waals surface area contributed by atoms with Crippen molar-refractivity contribution in [2.75, 3.05) is 6.61 Å². The summed E-state index contributed by atoms with van der Waals surface area (Å²) in [6.45, 7) is 1.93. The van der Waals surface area contributed by atoms with Gasteiger partial charge in [-0.05, 0) is 36.8 Å². The van der Waals surface area contributed by atoms with E-state index < -0.39 is 17.8 Å². The summed E-state index contributed by atoms with van der Waals surface area (Å²) in [6, 6.07) is 14.6. The number of rotatable bonds is 7. The number of thiazole rings is 1. The molecule has 0 fully saturated rings. The van der Waals surface area contributed by atoms with Crippen molar-refractivity contribution in [1.82, 2.24) is 4.57 Å². The average Bonchev–Trinajstić information content (AvgIpc) is 3.00. The smallest absolute Gasteiger partial charge is 0.329 e. The number of carbonyl (C=O) groups is 1. The Balaban J connectivity index is 1.97. The first-order chi connectivity index (χ1) is 14.0. The summed E-state index contributed by atoms with van der Waals surface area (Å²) in [4.78, 5) is 17.0. The zero-order valence-electron chi connectivity index (χ0n) is 15.6. The molecule has 3 rings (SSSR count). The van der Waals surface area contributed by atoms with Crippen molar-refractivity contribution in [3.05, 3.63) is 74.8 Å². The topological polar surface area (TPSA) is 63.8 Å². The van der Waals surface area contributed by atoms with Crippen LogP contribution in [0.15, 0.2) is 59.6 Å². The van der Waals surface area contributed by atoms with Crippen LogP contribution >= 0.6 is 23.6 Å². The Kier molecular flexibility index (Phi) is 6.90. The van der Waals surface area contributed by atoms with E-state index in [4.69, 9.17) is 17.0 Å². The van der Waals surface area contributed by atoms with Crippen molar-refractivity contribution >= 4 is 41.4 Å². The molecule has 0 aliphatic heterocycles. The second kappa shape index (κ2) is 9.58. The fourth-order valence-electron chi connectivity index (χ4n) is 2.79. The highest BCUT2D eigenvalue weighted by Gasteiger charge is 2.27. The molecule has 1 aromatic heterocycles. The Bertz CT molecular complexity index is 1080. The van der Waals surface area contributed by atoms with Gasteiger partial charge < -0.3 is 9.84 Å². The molecule has 1 atom stereocenters. The van der Waals surface area contributed by atoms with Gasteiger partial charge in [-0.2, -0.15) is 0 Å². The summed E-state index contributed by atoms with van der Waals surface area (Å²) in [5.74, 6) is -1.16. The highest BCUT2D eigenvalue weighted by atomic mass is 32.1. The van der Waals surface area contributed by atoms with Gasteiger partial charge in [-0.3, -0.25) is 9.56 Å². The quantitative estimate of drug-likeness (QED) is 0.317. The molecular formula is C21H19FN2O3S2. The van der Waals surface area contributed by atoms with Crippen molar-refractivity contribution in [1.29, 1.82) is 0 Å². The van der Waals surface area contributed by atoms with Crippen molar-refractivity contribution in [2.24, 2.45) is 4.99 Å². The van der Waals surface area contributed by atoms with Crippen LogP contribution in [0.2, 0.25) is 0 Å². The van der Waals surface area contributed by atoms with E-state index in [1.807, 2.05) is 30.3 Å². The standard InChI is InChI=1S/C21H19FN2O3S2/c1-2-27-20(26)17(12-14-8-4-3-5-9-14)24-19(25)18(29-21(24)28)13-23-16-11-7-6-10-15(16)22/h3-11,13,17,25H,2,12H2,1H3. The number of hydrogen-bond donors (Lipinski definition) is 1. The summed E-state index contributed by atoms with van der Waals surface area (Å²) in [6.07, 6.45) is 1.65. The van der Waals surface area contributed by atoms with Crippen molar-refractivity contribution < 1.29 is 19.0 Å². The average molecular weight is 431 g/mol. The fraction of sp³-hybridized carbons (Fsp3) is 0.190. The Morgan fingerprint density at radius 3 is 2.66 bits per heavy atom. The van der Waals surface area contributed by atoms with Crippen LogP contribution in [0.4, 0.5) is 10.1 Å². The summed E-state index contributed by atoms with van der Waals surface area (Å²) in [7, 11) is 0. The van der Waals surface area contributed by atoms with Gasteiger partial charge in [0.15, 0.2) is 3.95 Å². The second-order valence-corrected chi connectivity index (χ2v) is 7.77. The Morgan fingerprint density at radius 1 is 1.28 bits per heavy atom. The van der Waals surface area contributed by atoms with E-state index in [9.17, 15) is 14.3 Å². The SMILES string of the molecule is CCOC(=O)C(Cc1ccccc1)n1c(O)c(C=Nc2ccccc2F)sc1=S. The Morgan fingerprint density at radius 2 is 1.97 bits per heavy atom. The number of benzene rings is 2. The first kappa shape index (κ1) is 20.9. The third-order valence-corrected chi connectivity index (χ3v) is 5.48. The zero-order valence-corrected chi connectivity index (χ0v) is 17.3. The molecule has 1 unspecified atom stereocenters. The fourth-order valence-corrected chi connectivity index (χ4v) is 4.07. The predicted molar refractivity (Wildman–Crippen MR) is 114 cm³/mol. The zero-order chi connectivity index (χ0) is 20.8. The van der Waals surface area contributed by atoms with Gasteiger partial charge in [0.05, 0.1) is 18.5 Å². The number of carbonyl (C=O) groups excluding carboxylic acids is 1. The van der Waals surface area contributed by atoms with Crippen LogP contribution in [0.5, 0.6) is 5.88 Å². The van der Waals surface area contributed by atoms with E-state index in [1.54, 1.807) is 19.1 Å². The number of hydrogen-bond acceptors (Lipinski definition) is 6. The molecule has 0 bridgehead atoms. The summed E-state index contributed by atoms with van der Waals surface area (Å²) < 4.78 is 20.6. The number of ether oxygens (including phenoxy) is 1. The number of aliphatic imine (C=N–C) groups is 1. The molecule has 0 radical (unpaired) electrons. The first-order valence-corrected chi connectivity index (χ1v) is 10.2. The third kappa shape index (κ3) is 4.96. The molecular weight excluding hydrogens is 411 g/mol. The van der Waals surface area contributed by atoms with Gasteiger partial charge in [0, 0.05) is 6.42 Å². The van der Waals surface area contributed by atoms with Gasteiger partial charge in [-0.1, -0.05) is 53.8 Å². The molecule has 3 aromatic rings. The largest absolute Gasteiger partial charge is 0.493 e. The predicted octanol–water partition coefficient (Wildman–Crippen LogP) is 5.22. The molecule has 5 nitrogen and oxygen atoms in total. The molecule has 0 aliphatic carbocycles. The monoisotopic (exact) mass is 430 g/mol. The summed E-state index contributed by atoms with van der Waals surface area (Å²) in [5, 5.41) is 10.7. The van der Waals surface area contributed by atoms with Crippen LogP contribution in [0.3, 0.4) is 0 Å². The molecule has 8 heteroatoms. The van der Waals surface area contributed by atoms with Crippen molar-refractivity contribution in [2.45, 2.75) is 19.4 Å². The van der Waals surface area contributed by atoms with Crippen LogP contribution in [0.25, 0.3) is 0 Å². The number of esters is 1. The lowest BCUT2D eigenvalue weighted by atomic mass is 10.1. The number of para-hydroxylation sites is 1. The van der Waals surface area contributed by atoms with Gasteiger partial charge in [-0.25, -0.2) is 9.18 Å². The van der Waals surface area contributed by atoms with Gasteiger partial charge in [0.2, 0.25) is 5.88 Å². The maximum atomic E-state index is 13.8. The number of aromatic nitrogens is 1. The number of aromatic hydroxyl groups is 1. The molecule has 0 aliphatic rings. The van der Waals surface area contributed by atoms with Gasteiger partial charge in [0.25, 0.3) is 0 Å². The molecule has 0 saturated heterocycles. The van der Waals surface area contributed by atoms with Crippen LogP contribution in [-0.2, 0) is 16.0 Å². The van der Waals surface area contributed by atoms with Crippen LogP contribution in [-0.4, -0.2) is 28.5 Å². The second-order valence-electron chi connectivity index (χ2n) is 6.09. The highest BCUT2D eigenvalue weighted by molar-refractivity contribution is 7.73. The molecule has 1 N–H and O–H groups in total. The van der Waals surface area contributed by atoms with E-state index in [1.165, 1.54) is 22.9 Å². The Hall–Kier alpha value is -2.84. The van der Waals surface area contributed by atoms with Gasteiger partial charge >= 0.3 is 5.97 Å². The number of nitrogens with zero attached hydrogens (tertiary/aromatic N) is 2. The van der Waals surface area contributed by atoms with E-state index in [0.717, 1.165) is 16.9 Å². The lowest BCUT2D eigenvalue weighted by Crippen LogP contribution is -2.24. The van der Waals surface area contributed by atoms with Crippen molar-refractivity contribution in [3.63, 3.8) is 0 Å². The van der Waals surface area contributed by atoms with Gasteiger partial charge in [0.1, 0.15) is 16.7 Å². The lowest BCUT2D eigenvalue weighted by molar-refractivity contribution is -0.147. The molecule has 0 saturated carbocycles. The van der Waals surface area contributed by atoms with E-state index >= 15 is 0 Å². The number of halogens is 1. The first-order valence-electron chi connectivity index (χ1n) is 8.94.